The van der Waals surface area contributed by atoms with Crippen LogP contribution >= 0.6 is 0 Å². The normalized spacial score (nSPS) is 48.5. The summed E-state index contributed by atoms with van der Waals surface area (Å²) in [5.74, 6) is -1.31. The molecule has 12 nitrogen and oxygen atoms in total. The van der Waals surface area contributed by atoms with Gasteiger partial charge in [0.1, 0.15) is 42.7 Å². The monoisotopic (exact) mass is 379 g/mol. The minimum atomic E-state index is -1.87. The van der Waals surface area contributed by atoms with Gasteiger partial charge in [-0.1, -0.05) is 0 Å². The lowest BCUT2D eigenvalue weighted by Crippen LogP contribution is -2.64. The van der Waals surface area contributed by atoms with Crippen LogP contribution in [0.15, 0.2) is 4.99 Å². The van der Waals surface area contributed by atoms with Crippen LogP contribution in [0.4, 0.5) is 0 Å². The Kier molecular flexibility index (Phi) is 5.46. The molecule has 0 aliphatic carbocycles. The third-order valence-electron chi connectivity index (χ3n) is 4.54. The van der Waals surface area contributed by atoms with E-state index in [-0.39, 0.29) is 5.90 Å². The van der Waals surface area contributed by atoms with Gasteiger partial charge in [-0.25, -0.2) is 9.79 Å². The number of carboxylic acid groups (broad SMARTS) is 1. The number of aliphatic hydroxyl groups excluding tert-OH is 5. The second-order valence-corrected chi connectivity index (χ2v) is 6.31. The van der Waals surface area contributed by atoms with Crippen molar-refractivity contribution < 1.29 is 54.4 Å². The molecule has 0 aromatic carbocycles. The lowest BCUT2D eigenvalue weighted by atomic mass is 9.96. The molecule has 0 spiro atoms. The third kappa shape index (κ3) is 3.30. The van der Waals surface area contributed by atoms with Crippen LogP contribution < -0.4 is 0 Å². The van der Waals surface area contributed by atoms with E-state index in [4.69, 9.17) is 24.1 Å². The molecule has 0 saturated carbocycles. The van der Waals surface area contributed by atoms with E-state index < -0.39 is 73.9 Å². The van der Waals surface area contributed by atoms with Crippen LogP contribution in [0.25, 0.3) is 0 Å². The van der Waals surface area contributed by atoms with Crippen molar-refractivity contribution in [1.29, 1.82) is 0 Å². The van der Waals surface area contributed by atoms with Gasteiger partial charge in [0, 0.05) is 6.92 Å². The Balaban J connectivity index is 1.81. The Morgan fingerprint density at radius 2 is 1.81 bits per heavy atom. The fourth-order valence-electron chi connectivity index (χ4n) is 3.17. The zero-order valence-corrected chi connectivity index (χ0v) is 13.7. The molecule has 3 aliphatic heterocycles. The van der Waals surface area contributed by atoms with Gasteiger partial charge in [-0.2, -0.15) is 0 Å². The van der Waals surface area contributed by atoms with E-state index in [0.717, 1.165) is 0 Å². The minimum Gasteiger partial charge on any atom is -0.479 e. The maximum absolute atomic E-state index is 11.2. The van der Waals surface area contributed by atoms with Crippen LogP contribution in [-0.2, 0) is 23.7 Å². The highest BCUT2D eigenvalue weighted by Crippen LogP contribution is 2.33. The van der Waals surface area contributed by atoms with Crippen LogP contribution in [0, 0.1) is 0 Å². The molecule has 0 radical (unpaired) electrons. The molecular formula is C14H21NO11. The summed E-state index contributed by atoms with van der Waals surface area (Å²) in [6.07, 6.45) is -13.6. The number of nitrogens with zero attached hydrogens (tertiary/aromatic N) is 1. The van der Waals surface area contributed by atoms with Gasteiger partial charge in [0.15, 0.2) is 18.3 Å². The molecule has 3 heterocycles. The van der Waals surface area contributed by atoms with Gasteiger partial charge in [-0.3, -0.25) is 0 Å². The fourth-order valence-corrected chi connectivity index (χ4v) is 3.17. The van der Waals surface area contributed by atoms with E-state index in [1.807, 2.05) is 0 Å². The number of aliphatic imine (C=N–C) groups is 1. The quantitative estimate of drug-likeness (QED) is 0.281. The maximum atomic E-state index is 11.2. The van der Waals surface area contributed by atoms with Crippen molar-refractivity contribution in [2.45, 2.75) is 68.3 Å². The molecule has 0 bridgehead atoms. The average molecular weight is 379 g/mol. The van der Waals surface area contributed by atoms with Crippen molar-refractivity contribution in [1.82, 2.24) is 0 Å². The zero-order chi connectivity index (χ0) is 19.2. The summed E-state index contributed by atoms with van der Waals surface area (Å²) < 4.78 is 21.3. The Bertz CT molecular complexity index is 571. The second-order valence-electron chi connectivity index (χ2n) is 6.31. The summed E-state index contributed by atoms with van der Waals surface area (Å²) in [5.41, 5.74) is 0. The largest absolute Gasteiger partial charge is 0.479 e. The first kappa shape index (κ1) is 19.4. The molecule has 0 unspecified atom stereocenters. The molecule has 26 heavy (non-hydrogen) atoms. The molecule has 12 heteroatoms. The van der Waals surface area contributed by atoms with E-state index in [9.17, 15) is 30.3 Å². The van der Waals surface area contributed by atoms with Crippen molar-refractivity contribution in [2.75, 3.05) is 6.61 Å². The maximum Gasteiger partial charge on any atom is 0.335 e. The molecule has 6 N–H and O–H groups in total. The number of aliphatic hydroxyl groups is 5. The lowest BCUT2D eigenvalue weighted by Gasteiger charge is -2.44. The minimum absolute atomic E-state index is 0.253. The molecule has 2 saturated heterocycles. The summed E-state index contributed by atoms with van der Waals surface area (Å²) >= 11 is 0. The van der Waals surface area contributed by atoms with Gasteiger partial charge < -0.3 is 49.6 Å². The number of rotatable bonds is 4. The Morgan fingerprint density at radius 3 is 2.42 bits per heavy atom. The van der Waals surface area contributed by atoms with Gasteiger partial charge in [0.05, 0.1) is 6.61 Å². The number of hydrogen-bond donors (Lipinski definition) is 6. The summed E-state index contributed by atoms with van der Waals surface area (Å²) in [7, 11) is 0. The summed E-state index contributed by atoms with van der Waals surface area (Å²) in [4.78, 5) is 15.3. The van der Waals surface area contributed by atoms with Crippen molar-refractivity contribution in [3.8, 4) is 0 Å². The number of aliphatic carboxylic acids is 1. The smallest absolute Gasteiger partial charge is 0.335 e. The molecule has 2 fully saturated rings. The summed E-state index contributed by atoms with van der Waals surface area (Å²) in [6, 6.07) is -0.865. The average Bonchev–Trinajstić information content (AvgIpc) is 2.96. The van der Waals surface area contributed by atoms with Crippen LogP contribution in [0.1, 0.15) is 6.92 Å². The molecule has 0 aromatic rings. The first-order chi connectivity index (χ1) is 12.2. The highest BCUT2D eigenvalue weighted by atomic mass is 16.7. The van der Waals surface area contributed by atoms with Crippen molar-refractivity contribution in [3.05, 3.63) is 0 Å². The standard InChI is InChI=1S/C14H21NO11/c1-3-15-5-10(6(17)4(2-16)24-13(5)23-3)25-14-9(20)7(18)8(19)11(26-14)12(21)22/h4-11,13-14,16-20H,2H2,1H3,(H,21,22)/t4-,5-,6-,7+,8+,9-,10-,11+,13+,14-/m1/s1. The molecule has 0 amide bonds. The number of fused-ring (bicyclic) bond motifs is 1. The van der Waals surface area contributed by atoms with E-state index >= 15 is 0 Å². The van der Waals surface area contributed by atoms with Crippen molar-refractivity contribution >= 4 is 11.9 Å². The molecular weight excluding hydrogens is 358 g/mol. The van der Waals surface area contributed by atoms with Crippen molar-refractivity contribution in [3.63, 3.8) is 0 Å². The Hall–Kier alpha value is -1.38. The van der Waals surface area contributed by atoms with Crippen molar-refractivity contribution in [2.24, 2.45) is 4.99 Å². The van der Waals surface area contributed by atoms with Gasteiger partial charge in [-0.15, -0.1) is 0 Å². The number of carboxylic acids is 1. The van der Waals surface area contributed by atoms with Crippen LogP contribution in [0.2, 0.25) is 0 Å². The summed E-state index contributed by atoms with van der Waals surface area (Å²) in [6.45, 7) is 0.991. The van der Waals surface area contributed by atoms with E-state index in [0.29, 0.717) is 0 Å². The second kappa shape index (κ2) is 7.32. The molecule has 10 atom stereocenters. The zero-order valence-electron chi connectivity index (χ0n) is 13.7. The number of carbonyl (C=O) groups is 1. The van der Waals surface area contributed by atoms with Gasteiger partial charge in [0.2, 0.25) is 6.29 Å². The van der Waals surface area contributed by atoms with E-state index in [2.05, 4.69) is 4.99 Å². The fraction of sp³-hybridized carbons (Fsp3) is 0.857. The lowest BCUT2D eigenvalue weighted by molar-refractivity contribution is -0.331. The Labute approximate surface area is 147 Å². The van der Waals surface area contributed by atoms with E-state index in [1.165, 1.54) is 0 Å². The predicted octanol–water partition coefficient (Wildman–Crippen LogP) is -3.84. The number of hydrogen-bond acceptors (Lipinski definition) is 11. The van der Waals surface area contributed by atoms with Gasteiger partial charge in [-0.05, 0) is 0 Å². The predicted molar refractivity (Wildman–Crippen MR) is 78.9 cm³/mol. The molecule has 3 rings (SSSR count). The summed E-state index contributed by atoms with van der Waals surface area (Å²) in [5, 5.41) is 58.4. The van der Waals surface area contributed by atoms with Gasteiger partial charge in [0.25, 0.3) is 0 Å². The Morgan fingerprint density at radius 1 is 1.12 bits per heavy atom. The van der Waals surface area contributed by atoms with Crippen LogP contribution in [-0.4, -0.2) is 110 Å². The first-order valence-electron chi connectivity index (χ1n) is 7.98. The van der Waals surface area contributed by atoms with Gasteiger partial charge >= 0.3 is 5.97 Å². The third-order valence-corrected chi connectivity index (χ3v) is 4.54. The highest BCUT2D eigenvalue weighted by Gasteiger charge is 2.54. The first-order valence-corrected chi connectivity index (χ1v) is 7.98. The molecule has 3 aliphatic rings. The van der Waals surface area contributed by atoms with Crippen LogP contribution in [0.3, 0.4) is 0 Å². The topological polar surface area (TPSA) is 188 Å². The van der Waals surface area contributed by atoms with Crippen LogP contribution in [0.5, 0.6) is 0 Å². The number of ether oxygens (including phenoxy) is 4. The highest BCUT2D eigenvalue weighted by molar-refractivity contribution is 5.75. The molecule has 0 aromatic heterocycles. The SMILES string of the molecule is CC1=N[C@H]2[C@@H](O1)O[C@H](CO)[C@@H](O)[C@@H]2O[C@@H]1O[C@H](C(=O)O)[C@@H](O)[C@H](O)[C@H]1O. The molecule has 148 valence electrons. The van der Waals surface area contributed by atoms with E-state index in [1.54, 1.807) is 6.92 Å².